The Morgan fingerprint density at radius 1 is 1.37 bits per heavy atom. The lowest BCUT2D eigenvalue weighted by molar-refractivity contribution is -0.148. The first-order valence-corrected chi connectivity index (χ1v) is 8.73. The molecule has 2 saturated carbocycles. The van der Waals surface area contributed by atoms with Crippen molar-refractivity contribution in [1.29, 1.82) is 0 Å². The third kappa shape index (κ3) is 4.12. The van der Waals surface area contributed by atoms with Gasteiger partial charge in [0.15, 0.2) is 0 Å². The van der Waals surface area contributed by atoms with Crippen LogP contribution in [-0.2, 0) is 9.53 Å². The minimum absolute atomic E-state index is 0.0453. The second-order valence-corrected chi connectivity index (χ2v) is 7.34. The van der Waals surface area contributed by atoms with Gasteiger partial charge in [-0.1, -0.05) is 19.8 Å². The molecular weight excluding hydrogens is 258 g/mol. The Balaban J connectivity index is 1.82. The molecule has 0 aromatic heterocycles. The van der Waals surface area contributed by atoms with Crippen LogP contribution in [0.3, 0.4) is 0 Å². The average Bonchev–Trinajstić information content (AvgIpc) is 3.13. The summed E-state index contributed by atoms with van der Waals surface area (Å²) < 4.78 is 5.05. The molecule has 0 saturated heterocycles. The molecule has 0 spiro atoms. The van der Waals surface area contributed by atoms with E-state index in [4.69, 9.17) is 4.74 Å². The topological polar surface area (TPSA) is 38.3 Å². The van der Waals surface area contributed by atoms with Gasteiger partial charge in [0.1, 0.15) is 5.54 Å². The highest BCUT2D eigenvalue weighted by Gasteiger charge is 2.48. The summed E-state index contributed by atoms with van der Waals surface area (Å²) in [6.07, 6.45) is 9.38. The molecule has 2 aliphatic carbocycles. The van der Waals surface area contributed by atoms with Crippen molar-refractivity contribution in [3.05, 3.63) is 0 Å². The number of hydrogen-bond donors (Lipinski definition) is 1. The molecule has 1 N–H and O–H groups in total. The van der Waals surface area contributed by atoms with Gasteiger partial charge in [0, 0.05) is 11.3 Å². The summed E-state index contributed by atoms with van der Waals surface area (Å²) in [4.78, 5) is 12.1. The van der Waals surface area contributed by atoms with Crippen molar-refractivity contribution in [2.45, 2.75) is 75.1 Å². The molecule has 2 fully saturated rings. The molecule has 0 radical (unpaired) electrons. The van der Waals surface area contributed by atoms with Crippen molar-refractivity contribution in [3.63, 3.8) is 0 Å². The Morgan fingerprint density at radius 2 is 2.16 bits per heavy atom. The quantitative estimate of drug-likeness (QED) is 0.549. The van der Waals surface area contributed by atoms with Gasteiger partial charge in [-0.2, -0.15) is 11.8 Å². The molecule has 0 aromatic rings. The van der Waals surface area contributed by atoms with Crippen LogP contribution in [-0.4, -0.2) is 35.7 Å². The van der Waals surface area contributed by atoms with Crippen LogP contribution in [0.2, 0.25) is 0 Å². The predicted molar refractivity (Wildman–Crippen MR) is 80.5 cm³/mol. The molecule has 2 rings (SSSR count). The van der Waals surface area contributed by atoms with Gasteiger partial charge in [-0.25, -0.2) is 0 Å². The van der Waals surface area contributed by atoms with Crippen LogP contribution in [0.15, 0.2) is 0 Å². The maximum Gasteiger partial charge on any atom is 0.326 e. The minimum Gasteiger partial charge on any atom is -0.468 e. The predicted octanol–water partition coefficient (Wildman–Crippen LogP) is 3.13. The van der Waals surface area contributed by atoms with E-state index in [9.17, 15) is 4.79 Å². The number of esters is 1. The number of thioether (sulfide) groups is 1. The molecule has 2 aliphatic rings. The minimum atomic E-state index is -0.377. The number of unbranched alkanes of at least 4 members (excludes halogenated alkanes) is 2. The number of rotatable bonds is 8. The molecule has 0 heterocycles. The smallest absolute Gasteiger partial charge is 0.326 e. The van der Waals surface area contributed by atoms with E-state index >= 15 is 0 Å². The van der Waals surface area contributed by atoms with E-state index in [1.165, 1.54) is 45.0 Å². The van der Waals surface area contributed by atoms with E-state index in [1.807, 2.05) is 0 Å². The molecule has 2 atom stereocenters. The van der Waals surface area contributed by atoms with Crippen molar-refractivity contribution in [2.75, 3.05) is 12.9 Å². The number of carbonyl (C=O) groups is 1. The summed E-state index contributed by atoms with van der Waals surface area (Å²) in [5.74, 6) is 1.19. The molecule has 0 aliphatic heterocycles. The van der Waals surface area contributed by atoms with Crippen molar-refractivity contribution >= 4 is 17.7 Å². The largest absolute Gasteiger partial charge is 0.468 e. The van der Waals surface area contributed by atoms with Gasteiger partial charge < -0.3 is 4.74 Å². The fourth-order valence-corrected chi connectivity index (χ4v) is 4.32. The first-order valence-electron chi connectivity index (χ1n) is 7.68. The van der Waals surface area contributed by atoms with Gasteiger partial charge in [0.2, 0.25) is 0 Å². The van der Waals surface area contributed by atoms with Gasteiger partial charge in [-0.05, 0) is 44.3 Å². The Labute approximate surface area is 121 Å². The first kappa shape index (κ1) is 15.2. The number of hydrogen-bond acceptors (Lipinski definition) is 4. The van der Waals surface area contributed by atoms with Crippen LogP contribution in [0.4, 0.5) is 0 Å². The van der Waals surface area contributed by atoms with E-state index in [2.05, 4.69) is 24.0 Å². The lowest BCUT2D eigenvalue weighted by Crippen LogP contribution is -2.52. The zero-order valence-corrected chi connectivity index (χ0v) is 13.1. The van der Waals surface area contributed by atoms with Crippen molar-refractivity contribution in [1.82, 2.24) is 5.32 Å². The van der Waals surface area contributed by atoms with E-state index < -0.39 is 0 Å². The molecule has 110 valence electrons. The normalized spacial score (nSPS) is 30.5. The third-order valence-corrected chi connectivity index (χ3v) is 5.60. The average molecular weight is 285 g/mol. The Kier molecular flexibility index (Phi) is 5.58. The van der Waals surface area contributed by atoms with Crippen molar-refractivity contribution in [3.8, 4) is 0 Å². The molecule has 4 heteroatoms. The second kappa shape index (κ2) is 6.98. The fourth-order valence-electron chi connectivity index (χ4n) is 2.93. The van der Waals surface area contributed by atoms with Crippen LogP contribution < -0.4 is 5.32 Å². The molecule has 3 nitrogen and oxygen atoms in total. The van der Waals surface area contributed by atoms with Crippen molar-refractivity contribution < 1.29 is 9.53 Å². The summed E-state index contributed by atoms with van der Waals surface area (Å²) >= 11 is 2.05. The molecule has 0 aromatic carbocycles. The van der Waals surface area contributed by atoms with Crippen molar-refractivity contribution in [2.24, 2.45) is 0 Å². The molecule has 19 heavy (non-hydrogen) atoms. The Hall–Kier alpha value is -0.220. The van der Waals surface area contributed by atoms with Crippen LogP contribution in [0.1, 0.15) is 58.3 Å². The highest BCUT2D eigenvalue weighted by molar-refractivity contribution is 7.99. The van der Waals surface area contributed by atoms with E-state index in [0.29, 0.717) is 11.3 Å². The molecule has 0 bridgehead atoms. The standard InChI is InChI=1S/C15H27NO2S/c1-3-4-5-10-19-13-8-9-15(11-13,14(17)18-2)16-12-6-7-12/h12-13,16H,3-11H2,1-2H3. The van der Waals surface area contributed by atoms with Gasteiger partial charge in [-0.3, -0.25) is 10.1 Å². The van der Waals surface area contributed by atoms with E-state index in [0.717, 1.165) is 19.3 Å². The fraction of sp³-hybridized carbons (Fsp3) is 0.933. The number of ether oxygens (including phenoxy) is 1. The number of carbonyl (C=O) groups excluding carboxylic acids is 1. The summed E-state index contributed by atoms with van der Waals surface area (Å²) in [7, 11) is 1.51. The zero-order chi connectivity index (χ0) is 13.7. The van der Waals surface area contributed by atoms with E-state index in [-0.39, 0.29) is 11.5 Å². The Bertz CT molecular complexity index is 307. The van der Waals surface area contributed by atoms with Gasteiger partial charge in [-0.15, -0.1) is 0 Å². The summed E-state index contributed by atoms with van der Waals surface area (Å²) in [6, 6.07) is 0.558. The maximum absolute atomic E-state index is 12.1. The maximum atomic E-state index is 12.1. The summed E-state index contributed by atoms with van der Waals surface area (Å²) in [5.41, 5.74) is -0.377. The van der Waals surface area contributed by atoms with Gasteiger partial charge in [0.25, 0.3) is 0 Å². The zero-order valence-electron chi connectivity index (χ0n) is 12.2. The lowest BCUT2D eigenvalue weighted by atomic mass is 9.97. The first-order chi connectivity index (χ1) is 9.20. The van der Waals surface area contributed by atoms with Gasteiger partial charge in [0.05, 0.1) is 7.11 Å². The van der Waals surface area contributed by atoms with Crippen LogP contribution in [0.25, 0.3) is 0 Å². The van der Waals surface area contributed by atoms with Crippen LogP contribution >= 0.6 is 11.8 Å². The van der Waals surface area contributed by atoms with Crippen LogP contribution in [0.5, 0.6) is 0 Å². The summed E-state index contributed by atoms with van der Waals surface area (Å²) in [5, 5.41) is 4.19. The number of methoxy groups -OCH3 is 1. The highest BCUT2D eigenvalue weighted by atomic mass is 32.2. The molecule has 2 unspecified atom stereocenters. The number of nitrogens with one attached hydrogen (secondary N) is 1. The lowest BCUT2D eigenvalue weighted by Gasteiger charge is -2.27. The van der Waals surface area contributed by atoms with E-state index in [1.54, 1.807) is 0 Å². The monoisotopic (exact) mass is 285 g/mol. The van der Waals surface area contributed by atoms with Gasteiger partial charge >= 0.3 is 5.97 Å². The highest BCUT2D eigenvalue weighted by Crippen LogP contribution is 2.40. The van der Waals surface area contributed by atoms with Crippen LogP contribution in [0, 0.1) is 0 Å². The third-order valence-electron chi connectivity index (χ3n) is 4.20. The summed E-state index contributed by atoms with van der Waals surface area (Å²) in [6.45, 7) is 2.24. The Morgan fingerprint density at radius 3 is 2.79 bits per heavy atom. The SMILES string of the molecule is CCCCCSC1CCC(NC2CC2)(C(=O)OC)C1. The molecular formula is C15H27NO2S. The molecule has 0 amide bonds. The second-order valence-electron chi connectivity index (χ2n) is 5.94.